The molecule has 1 amide bonds. The number of amides is 1. The maximum Gasteiger partial charge on any atom is 0.219 e. The number of likely N-dealkylation sites (tertiary alicyclic amines) is 2. The summed E-state index contributed by atoms with van der Waals surface area (Å²) in [4.78, 5) is 19.7. The predicted molar refractivity (Wildman–Crippen MR) is 98.9 cm³/mol. The number of rotatable bonds is 4. The molecule has 1 aromatic carbocycles. The van der Waals surface area contributed by atoms with Crippen molar-refractivity contribution < 1.29 is 9.53 Å². The molecule has 1 aromatic heterocycles. The Morgan fingerprint density at radius 2 is 2.20 bits per heavy atom. The summed E-state index contributed by atoms with van der Waals surface area (Å²) in [6.07, 6.45) is 6.82. The van der Waals surface area contributed by atoms with E-state index in [0.717, 1.165) is 38.2 Å². The van der Waals surface area contributed by atoms with E-state index in [0.29, 0.717) is 12.1 Å². The van der Waals surface area contributed by atoms with Crippen LogP contribution in [0.4, 0.5) is 0 Å². The predicted octanol–water partition coefficient (Wildman–Crippen LogP) is 2.80. The van der Waals surface area contributed by atoms with E-state index in [4.69, 9.17) is 4.74 Å². The molecule has 25 heavy (non-hydrogen) atoms. The van der Waals surface area contributed by atoms with Gasteiger partial charge in [-0.15, -0.1) is 0 Å². The number of methoxy groups -OCH3 is 1. The van der Waals surface area contributed by atoms with Crippen LogP contribution in [0, 0.1) is 0 Å². The molecule has 3 heterocycles. The zero-order valence-corrected chi connectivity index (χ0v) is 15.1. The van der Waals surface area contributed by atoms with E-state index in [9.17, 15) is 4.79 Å². The number of nitrogens with one attached hydrogen (secondary N) is 1. The molecule has 4 rings (SSSR count). The summed E-state index contributed by atoms with van der Waals surface area (Å²) >= 11 is 0. The third-order valence-corrected chi connectivity index (χ3v) is 5.93. The molecule has 2 saturated heterocycles. The fraction of sp³-hybridized carbons (Fsp3) is 0.550. The van der Waals surface area contributed by atoms with E-state index in [2.05, 4.69) is 28.2 Å². The highest BCUT2D eigenvalue weighted by Crippen LogP contribution is 2.31. The number of ether oxygens (including phenoxy) is 1. The number of aromatic nitrogens is 1. The highest BCUT2D eigenvalue weighted by molar-refractivity contribution is 5.84. The summed E-state index contributed by atoms with van der Waals surface area (Å²) in [5, 5.41) is 1.27. The molecule has 2 atom stereocenters. The van der Waals surface area contributed by atoms with Gasteiger partial charge in [0.15, 0.2) is 0 Å². The lowest BCUT2D eigenvalue weighted by Crippen LogP contribution is -2.42. The minimum atomic E-state index is 0.210. The Morgan fingerprint density at radius 1 is 1.32 bits per heavy atom. The third kappa shape index (κ3) is 3.13. The quantitative estimate of drug-likeness (QED) is 0.930. The van der Waals surface area contributed by atoms with Crippen molar-refractivity contribution in [2.24, 2.45) is 0 Å². The van der Waals surface area contributed by atoms with Crippen molar-refractivity contribution in [1.29, 1.82) is 0 Å². The number of H-pyrrole nitrogens is 1. The highest BCUT2D eigenvalue weighted by atomic mass is 16.5. The van der Waals surface area contributed by atoms with Crippen LogP contribution in [-0.4, -0.2) is 59.5 Å². The van der Waals surface area contributed by atoms with E-state index < -0.39 is 0 Å². The fourth-order valence-electron chi connectivity index (χ4n) is 4.56. The van der Waals surface area contributed by atoms with Crippen LogP contribution in [0.3, 0.4) is 0 Å². The number of benzene rings is 1. The van der Waals surface area contributed by atoms with Gasteiger partial charge in [0.05, 0.1) is 7.11 Å². The van der Waals surface area contributed by atoms with Gasteiger partial charge < -0.3 is 14.6 Å². The van der Waals surface area contributed by atoms with Crippen molar-refractivity contribution in [2.45, 2.75) is 44.7 Å². The smallest absolute Gasteiger partial charge is 0.219 e. The largest absolute Gasteiger partial charge is 0.497 e. The van der Waals surface area contributed by atoms with Crippen molar-refractivity contribution in [3.05, 3.63) is 30.0 Å². The molecule has 5 nitrogen and oxygen atoms in total. The Kier molecular flexibility index (Phi) is 4.42. The third-order valence-electron chi connectivity index (χ3n) is 5.93. The highest BCUT2D eigenvalue weighted by Gasteiger charge is 2.35. The standard InChI is InChI=1S/C20H27N3O2/c1-14(24)22-9-7-17(13-22)23-8-3-4-16(23)10-15-12-21-20-6-5-18(25-2)11-19(15)20/h5-6,11-12,16-17,21H,3-4,7-10,13H2,1-2H3/t16-,17+/m1/s1. The minimum absolute atomic E-state index is 0.210. The summed E-state index contributed by atoms with van der Waals surface area (Å²) in [5.74, 6) is 1.12. The van der Waals surface area contributed by atoms with Gasteiger partial charge in [0.2, 0.25) is 5.91 Å². The van der Waals surface area contributed by atoms with Gasteiger partial charge in [-0.2, -0.15) is 0 Å². The van der Waals surface area contributed by atoms with E-state index in [1.54, 1.807) is 14.0 Å². The van der Waals surface area contributed by atoms with Gasteiger partial charge in [-0.05, 0) is 56.0 Å². The van der Waals surface area contributed by atoms with Crippen LogP contribution in [0.5, 0.6) is 5.75 Å². The van der Waals surface area contributed by atoms with Crippen molar-refractivity contribution in [3.8, 4) is 5.75 Å². The molecule has 2 aliphatic heterocycles. The molecule has 134 valence electrons. The van der Waals surface area contributed by atoms with Gasteiger partial charge in [0, 0.05) is 49.2 Å². The summed E-state index contributed by atoms with van der Waals surface area (Å²) in [6.45, 7) is 4.65. The summed E-state index contributed by atoms with van der Waals surface area (Å²) in [7, 11) is 1.72. The molecule has 2 aromatic rings. The minimum Gasteiger partial charge on any atom is -0.497 e. The van der Waals surface area contributed by atoms with Crippen LogP contribution in [0.25, 0.3) is 10.9 Å². The second-order valence-electron chi connectivity index (χ2n) is 7.37. The van der Waals surface area contributed by atoms with Crippen LogP contribution in [-0.2, 0) is 11.2 Å². The Morgan fingerprint density at radius 3 is 2.96 bits per heavy atom. The van der Waals surface area contributed by atoms with Crippen LogP contribution < -0.4 is 4.74 Å². The lowest BCUT2D eigenvalue weighted by Gasteiger charge is -2.30. The summed E-state index contributed by atoms with van der Waals surface area (Å²) < 4.78 is 5.39. The number of fused-ring (bicyclic) bond motifs is 1. The first-order chi connectivity index (χ1) is 12.2. The van der Waals surface area contributed by atoms with Gasteiger partial charge in [0.1, 0.15) is 5.75 Å². The van der Waals surface area contributed by atoms with Crippen molar-refractivity contribution >= 4 is 16.8 Å². The number of aromatic amines is 1. The molecule has 2 aliphatic rings. The molecule has 0 radical (unpaired) electrons. The van der Waals surface area contributed by atoms with Gasteiger partial charge in [-0.1, -0.05) is 0 Å². The van der Waals surface area contributed by atoms with E-state index >= 15 is 0 Å². The lowest BCUT2D eigenvalue weighted by molar-refractivity contribution is -0.128. The zero-order chi connectivity index (χ0) is 17.4. The maximum atomic E-state index is 11.6. The zero-order valence-electron chi connectivity index (χ0n) is 15.1. The second-order valence-corrected chi connectivity index (χ2v) is 7.37. The second kappa shape index (κ2) is 6.71. The van der Waals surface area contributed by atoms with Gasteiger partial charge in [-0.25, -0.2) is 0 Å². The number of nitrogens with zero attached hydrogens (tertiary/aromatic N) is 2. The maximum absolute atomic E-state index is 11.6. The molecule has 5 heteroatoms. The normalized spacial score (nSPS) is 24.3. The average molecular weight is 341 g/mol. The average Bonchev–Trinajstić information content (AvgIpc) is 3.34. The molecule has 2 fully saturated rings. The number of carbonyl (C=O) groups excluding carboxylic acids is 1. The molecule has 1 N–H and O–H groups in total. The Labute approximate surface area is 148 Å². The molecular weight excluding hydrogens is 314 g/mol. The van der Waals surface area contributed by atoms with Gasteiger partial charge >= 0.3 is 0 Å². The Balaban J connectivity index is 1.51. The first-order valence-electron chi connectivity index (χ1n) is 9.31. The van der Waals surface area contributed by atoms with Crippen LogP contribution in [0.1, 0.15) is 31.7 Å². The Hall–Kier alpha value is -2.01. The van der Waals surface area contributed by atoms with Gasteiger partial charge in [0.25, 0.3) is 0 Å². The molecule has 0 spiro atoms. The number of carbonyl (C=O) groups is 1. The van der Waals surface area contributed by atoms with Gasteiger partial charge in [-0.3, -0.25) is 9.69 Å². The van der Waals surface area contributed by atoms with E-state index in [1.165, 1.54) is 29.3 Å². The molecule has 0 saturated carbocycles. The number of hydrogen-bond donors (Lipinski definition) is 1. The molecular formula is C20H27N3O2. The first-order valence-corrected chi connectivity index (χ1v) is 9.31. The summed E-state index contributed by atoms with van der Waals surface area (Å²) in [6, 6.07) is 7.32. The molecule has 0 unspecified atom stereocenters. The Bertz CT molecular complexity index is 769. The van der Waals surface area contributed by atoms with E-state index in [1.807, 2.05) is 11.0 Å². The molecule has 0 aliphatic carbocycles. The fourth-order valence-corrected chi connectivity index (χ4v) is 4.56. The molecule has 0 bridgehead atoms. The van der Waals surface area contributed by atoms with Crippen molar-refractivity contribution in [2.75, 3.05) is 26.7 Å². The van der Waals surface area contributed by atoms with Crippen LogP contribution in [0.15, 0.2) is 24.4 Å². The van der Waals surface area contributed by atoms with Crippen LogP contribution in [0.2, 0.25) is 0 Å². The monoisotopic (exact) mass is 341 g/mol. The first kappa shape index (κ1) is 16.5. The van der Waals surface area contributed by atoms with E-state index in [-0.39, 0.29) is 5.91 Å². The summed E-state index contributed by atoms with van der Waals surface area (Å²) in [5.41, 5.74) is 2.54. The van der Waals surface area contributed by atoms with Crippen LogP contribution >= 0.6 is 0 Å². The topological polar surface area (TPSA) is 48.6 Å². The number of hydrogen-bond acceptors (Lipinski definition) is 3. The van der Waals surface area contributed by atoms with Crippen molar-refractivity contribution in [1.82, 2.24) is 14.8 Å². The lowest BCUT2D eigenvalue weighted by atomic mass is 10.0. The SMILES string of the molecule is COc1ccc2[nH]cc(C[C@H]3CCCN3[C@H]3CCN(C(C)=O)C3)c2c1. The van der Waals surface area contributed by atoms with Crippen molar-refractivity contribution in [3.63, 3.8) is 0 Å².